The van der Waals surface area contributed by atoms with Gasteiger partial charge in [0.2, 0.25) is 0 Å². The molecule has 0 saturated carbocycles. The van der Waals surface area contributed by atoms with E-state index in [1.54, 1.807) is 24.3 Å². The smallest absolute Gasteiger partial charge is 0.315 e. The maximum Gasteiger partial charge on any atom is 0.315 e. The van der Waals surface area contributed by atoms with Gasteiger partial charge in [0.1, 0.15) is 0 Å². The molecule has 1 heterocycles. The van der Waals surface area contributed by atoms with Crippen LogP contribution < -0.4 is 10.6 Å². The molecule has 0 aliphatic carbocycles. The second kappa shape index (κ2) is 8.36. The van der Waals surface area contributed by atoms with Crippen LogP contribution in [0.15, 0.2) is 24.3 Å². The molecule has 3 atom stereocenters. The molecule has 1 saturated heterocycles. The summed E-state index contributed by atoms with van der Waals surface area (Å²) in [5.41, 5.74) is 0.718. The SMILES string of the molecule is CCC(NC(=O)NCC(O)c1ccc(Cl)cc1)C1CCCO1. The summed E-state index contributed by atoms with van der Waals surface area (Å²) in [5.74, 6) is 0. The number of nitrogens with one attached hydrogen (secondary N) is 2. The first-order valence-corrected chi connectivity index (χ1v) is 8.07. The summed E-state index contributed by atoms with van der Waals surface area (Å²) in [5, 5.41) is 16.3. The fourth-order valence-corrected chi connectivity index (χ4v) is 2.72. The highest BCUT2D eigenvalue weighted by molar-refractivity contribution is 6.30. The minimum atomic E-state index is -0.758. The molecular formula is C16H23ClN2O3. The predicted octanol–water partition coefficient (Wildman–Crippen LogP) is 2.63. The molecule has 6 heteroatoms. The van der Waals surface area contributed by atoms with Gasteiger partial charge in [0.15, 0.2) is 0 Å². The third-order valence-electron chi connectivity index (χ3n) is 3.88. The quantitative estimate of drug-likeness (QED) is 0.752. The molecule has 2 amide bonds. The molecule has 5 nitrogen and oxygen atoms in total. The molecule has 1 aliphatic heterocycles. The standard InChI is InChI=1S/C16H23ClN2O3/c1-2-13(15-4-3-9-22-15)19-16(21)18-10-14(20)11-5-7-12(17)8-6-11/h5-8,13-15,20H,2-4,9-10H2,1H3,(H2,18,19,21). The van der Waals surface area contributed by atoms with E-state index in [0.717, 1.165) is 31.4 Å². The van der Waals surface area contributed by atoms with Crippen molar-refractivity contribution in [1.82, 2.24) is 10.6 Å². The predicted molar refractivity (Wildman–Crippen MR) is 86.0 cm³/mol. The fourth-order valence-electron chi connectivity index (χ4n) is 2.59. The van der Waals surface area contributed by atoms with Crippen molar-refractivity contribution in [1.29, 1.82) is 0 Å². The molecule has 1 aliphatic rings. The van der Waals surface area contributed by atoms with Crippen molar-refractivity contribution >= 4 is 17.6 Å². The lowest BCUT2D eigenvalue weighted by atomic mass is 10.1. The number of ether oxygens (including phenoxy) is 1. The summed E-state index contributed by atoms with van der Waals surface area (Å²) in [6.45, 7) is 2.93. The highest BCUT2D eigenvalue weighted by atomic mass is 35.5. The highest BCUT2D eigenvalue weighted by Crippen LogP contribution is 2.18. The minimum Gasteiger partial charge on any atom is -0.387 e. The van der Waals surface area contributed by atoms with Crippen molar-refractivity contribution in [3.8, 4) is 0 Å². The van der Waals surface area contributed by atoms with Crippen LogP contribution in [0.4, 0.5) is 4.79 Å². The zero-order valence-corrected chi connectivity index (χ0v) is 13.5. The van der Waals surface area contributed by atoms with E-state index in [-0.39, 0.29) is 24.7 Å². The van der Waals surface area contributed by atoms with Crippen LogP contribution >= 0.6 is 11.6 Å². The van der Waals surface area contributed by atoms with Crippen LogP contribution in [0.3, 0.4) is 0 Å². The average molecular weight is 327 g/mol. The number of aliphatic hydroxyl groups excluding tert-OH is 1. The number of hydrogen-bond donors (Lipinski definition) is 3. The minimum absolute atomic E-state index is 0.00942. The molecule has 3 N–H and O–H groups in total. The highest BCUT2D eigenvalue weighted by Gasteiger charge is 2.25. The van der Waals surface area contributed by atoms with Gasteiger partial charge >= 0.3 is 6.03 Å². The lowest BCUT2D eigenvalue weighted by Crippen LogP contribution is -2.48. The molecule has 22 heavy (non-hydrogen) atoms. The van der Waals surface area contributed by atoms with Gasteiger partial charge in [0, 0.05) is 18.2 Å². The van der Waals surface area contributed by atoms with Gasteiger partial charge in [-0.15, -0.1) is 0 Å². The second-order valence-corrected chi connectivity index (χ2v) is 5.92. The van der Waals surface area contributed by atoms with Crippen LogP contribution in [0.5, 0.6) is 0 Å². The Hall–Kier alpha value is -1.30. The monoisotopic (exact) mass is 326 g/mol. The number of halogens is 1. The van der Waals surface area contributed by atoms with E-state index in [4.69, 9.17) is 16.3 Å². The summed E-state index contributed by atoms with van der Waals surface area (Å²) >= 11 is 5.81. The summed E-state index contributed by atoms with van der Waals surface area (Å²) in [7, 11) is 0. The molecule has 1 fully saturated rings. The molecule has 0 bridgehead atoms. The fraction of sp³-hybridized carbons (Fsp3) is 0.562. The first kappa shape index (κ1) is 17.1. The molecule has 0 spiro atoms. The number of carbonyl (C=O) groups is 1. The Bertz CT molecular complexity index is 475. The Morgan fingerprint density at radius 1 is 1.45 bits per heavy atom. The third-order valence-corrected chi connectivity index (χ3v) is 4.13. The number of rotatable bonds is 6. The molecule has 122 valence electrons. The van der Waals surface area contributed by atoms with Gasteiger partial charge in [-0.2, -0.15) is 0 Å². The van der Waals surface area contributed by atoms with Crippen LogP contribution in [0.25, 0.3) is 0 Å². The van der Waals surface area contributed by atoms with Gasteiger partial charge in [-0.25, -0.2) is 4.79 Å². The summed E-state index contributed by atoms with van der Waals surface area (Å²) < 4.78 is 5.61. The van der Waals surface area contributed by atoms with E-state index >= 15 is 0 Å². The van der Waals surface area contributed by atoms with Gasteiger partial charge in [0.05, 0.1) is 18.2 Å². The van der Waals surface area contributed by atoms with Crippen LogP contribution in [0.1, 0.15) is 37.9 Å². The Morgan fingerprint density at radius 3 is 2.77 bits per heavy atom. The lowest BCUT2D eigenvalue weighted by molar-refractivity contribution is 0.0793. The Kier molecular flexibility index (Phi) is 6.49. The zero-order valence-electron chi connectivity index (χ0n) is 12.7. The third kappa shape index (κ3) is 4.87. The maximum absolute atomic E-state index is 11.9. The molecule has 2 rings (SSSR count). The van der Waals surface area contributed by atoms with Crippen molar-refractivity contribution < 1.29 is 14.6 Å². The number of benzene rings is 1. The first-order chi connectivity index (χ1) is 10.6. The van der Waals surface area contributed by atoms with E-state index in [1.807, 2.05) is 6.92 Å². The number of hydrogen-bond acceptors (Lipinski definition) is 3. The van der Waals surface area contributed by atoms with E-state index < -0.39 is 6.10 Å². The Morgan fingerprint density at radius 2 is 2.18 bits per heavy atom. The van der Waals surface area contributed by atoms with E-state index in [2.05, 4.69) is 10.6 Å². The zero-order chi connectivity index (χ0) is 15.9. The number of carbonyl (C=O) groups excluding carboxylic acids is 1. The van der Waals surface area contributed by atoms with E-state index in [0.29, 0.717) is 5.02 Å². The second-order valence-electron chi connectivity index (χ2n) is 5.49. The summed E-state index contributed by atoms with van der Waals surface area (Å²) in [6.07, 6.45) is 2.17. The summed E-state index contributed by atoms with van der Waals surface area (Å²) in [6, 6.07) is 6.64. The molecular weight excluding hydrogens is 304 g/mol. The molecule has 1 aromatic carbocycles. The largest absolute Gasteiger partial charge is 0.387 e. The number of amides is 2. The lowest BCUT2D eigenvalue weighted by Gasteiger charge is -2.23. The van der Waals surface area contributed by atoms with Crippen LogP contribution in [-0.4, -0.2) is 36.4 Å². The Labute approximate surface area is 136 Å². The van der Waals surface area contributed by atoms with Crippen LogP contribution in [-0.2, 0) is 4.74 Å². The van der Waals surface area contributed by atoms with Crippen molar-refractivity contribution in [2.24, 2.45) is 0 Å². The molecule has 0 radical (unpaired) electrons. The van der Waals surface area contributed by atoms with Gasteiger partial charge in [-0.3, -0.25) is 0 Å². The number of urea groups is 1. The van der Waals surface area contributed by atoms with Crippen molar-refractivity contribution in [3.63, 3.8) is 0 Å². The van der Waals surface area contributed by atoms with Gasteiger partial charge in [0.25, 0.3) is 0 Å². The normalized spacial score (nSPS) is 20.4. The molecule has 1 aromatic rings. The van der Waals surface area contributed by atoms with Crippen LogP contribution in [0, 0.1) is 0 Å². The topological polar surface area (TPSA) is 70.6 Å². The maximum atomic E-state index is 11.9. The van der Waals surface area contributed by atoms with Crippen molar-refractivity contribution in [3.05, 3.63) is 34.9 Å². The average Bonchev–Trinajstić information content (AvgIpc) is 3.05. The van der Waals surface area contributed by atoms with Crippen molar-refractivity contribution in [2.75, 3.05) is 13.2 Å². The van der Waals surface area contributed by atoms with Crippen molar-refractivity contribution in [2.45, 2.75) is 44.4 Å². The van der Waals surface area contributed by atoms with Gasteiger partial charge in [-0.05, 0) is 37.0 Å². The van der Waals surface area contributed by atoms with Gasteiger partial charge in [-0.1, -0.05) is 30.7 Å². The summed E-state index contributed by atoms with van der Waals surface area (Å²) in [4.78, 5) is 11.9. The molecule has 3 unspecified atom stereocenters. The Balaban J connectivity index is 1.77. The van der Waals surface area contributed by atoms with Gasteiger partial charge < -0.3 is 20.5 Å². The first-order valence-electron chi connectivity index (χ1n) is 7.69. The van der Waals surface area contributed by atoms with Crippen LogP contribution in [0.2, 0.25) is 5.02 Å². The molecule has 0 aromatic heterocycles. The number of aliphatic hydroxyl groups is 1. The van der Waals surface area contributed by atoms with E-state index in [9.17, 15) is 9.90 Å². The van der Waals surface area contributed by atoms with E-state index in [1.165, 1.54) is 0 Å².